The average molecular weight is 897 g/mol. The highest BCUT2D eigenvalue weighted by Crippen LogP contribution is 2.45. The van der Waals surface area contributed by atoms with Crippen LogP contribution >= 0.6 is 0 Å². The lowest BCUT2D eigenvalue weighted by Gasteiger charge is -2.25. The number of rotatable bonds is 11. The Morgan fingerprint density at radius 1 is 0.683 bits per heavy atom. The number of nitrogens with one attached hydrogen (secondary N) is 5. The molecule has 1 unspecified atom stereocenters. The Hall–Kier alpha value is -6.20. The van der Waals surface area contributed by atoms with Gasteiger partial charge in [0, 0.05) is 42.6 Å². The van der Waals surface area contributed by atoms with Crippen molar-refractivity contribution >= 4 is 82.9 Å². The van der Waals surface area contributed by atoms with Crippen LogP contribution in [0.1, 0.15) is 74.1 Å². The molecule has 2 aliphatic rings. The highest BCUT2D eigenvalue weighted by molar-refractivity contribution is 7.93. The van der Waals surface area contributed by atoms with E-state index in [0.29, 0.717) is 46.2 Å². The Kier molecular flexibility index (Phi) is 13.1. The molecule has 7 N–H and O–H groups in total. The van der Waals surface area contributed by atoms with Gasteiger partial charge in [0.15, 0.2) is 0 Å². The number of benzene rings is 4. The van der Waals surface area contributed by atoms with Gasteiger partial charge in [0.05, 0.1) is 43.6 Å². The summed E-state index contributed by atoms with van der Waals surface area (Å²) in [6, 6.07) is 21.9. The fraction of sp³-hybridized carbons (Fsp3) is 0.348. The molecule has 5 aromatic rings. The number of carbonyl (C=O) groups is 3. The summed E-state index contributed by atoms with van der Waals surface area (Å²) in [5, 5.41) is 7.91. The molecule has 2 aliphatic carbocycles. The minimum absolute atomic E-state index is 0.0266. The molecule has 0 saturated heterocycles. The number of imidazole rings is 1. The van der Waals surface area contributed by atoms with Crippen LogP contribution in [0.15, 0.2) is 107 Å². The molecule has 2 bridgehead atoms. The zero-order valence-corrected chi connectivity index (χ0v) is 38.4. The standard InChI is InChI=1S/C27H32N4O3S.C19H24N4O4S/c1-17(32)28-21-7-10-23(11-8-21)35(33,34)30-22-9-12-25-24(15-22)29-26(27(2,3)4)31(25)16-20-14-18-5-6-19(20)13-18;1-12(24)21-13-5-8-15(9-6-13)28(26,27)23-14-7-10-16(20)17(11-14)22-18(25)19(2,3)4/h5-12,15,18-20,30H,13-14,16H2,1-4H3,(H,28,32);5-11,23H,20H2,1-4H3,(H,21,24)(H,22,25)/t18-,19+,20?;/m0./s1. The lowest BCUT2D eigenvalue weighted by Crippen LogP contribution is -2.28. The third kappa shape index (κ3) is 11.4. The first-order valence-corrected chi connectivity index (χ1v) is 23.6. The SMILES string of the molecule is CC(=O)Nc1ccc(S(=O)(=O)Nc2ccc(N)c(NC(=O)C(C)(C)C)c2)cc1.CC(=O)Nc1ccc(S(=O)(=O)Nc2ccc3c(c2)nc(C(C)(C)C)n3CC2C[C@H]3C=C[C@@H]2C3)cc1. The summed E-state index contributed by atoms with van der Waals surface area (Å²) in [6.45, 7) is 15.5. The van der Waals surface area contributed by atoms with E-state index in [9.17, 15) is 31.2 Å². The van der Waals surface area contributed by atoms with Gasteiger partial charge in [-0.1, -0.05) is 53.7 Å². The lowest BCUT2D eigenvalue weighted by atomic mass is 9.92. The van der Waals surface area contributed by atoms with Crippen molar-refractivity contribution in [1.82, 2.24) is 9.55 Å². The molecule has 334 valence electrons. The summed E-state index contributed by atoms with van der Waals surface area (Å²) in [4.78, 5) is 39.5. The highest BCUT2D eigenvalue weighted by atomic mass is 32.2. The van der Waals surface area contributed by atoms with Crippen molar-refractivity contribution in [3.63, 3.8) is 0 Å². The molecular formula is C46H56N8O7S2. The van der Waals surface area contributed by atoms with Gasteiger partial charge in [0.1, 0.15) is 5.82 Å². The normalized spacial score (nSPS) is 17.1. The van der Waals surface area contributed by atoms with Crippen LogP contribution in [-0.2, 0) is 46.4 Å². The van der Waals surface area contributed by atoms with Crippen molar-refractivity contribution in [2.75, 3.05) is 31.1 Å². The van der Waals surface area contributed by atoms with Gasteiger partial charge >= 0.3 is 0 Å². The number of anilines is 6. The van der Waals surface area contributed by atoms with Crippen molar-refractivity contribution in [1.29, 1.82) is 0 Å². The zero-order valence-electron chi connectivity index (χ0n) is 36.7. The molecule has 0 aliphatic heterocycles. The van der Waals surface area contributed by atoms with E-state index in [1.165, 1.54) is 81.3 Å². The Labute approximate surface area is 369 Å². The van der Waals surface area contributed by atoms with Crippen molar-refractivity contribution in [2.24, 2.45) is 23.2 Å². The van der Waals surface area contributed by atoms with E-state index in [2.05, 4.69) is 62.9 Å². The van der Waals surface area contributed by atoms with Crippen LogP contribution in [0.25, 0.3) is 11.0 Å². The minimum atomic E-state index is -3.86. The molecule has 0 radical (unpaired) electrons. The fourth-order valence-electron chi connectivity index (χ4n) is 7.60. The number of amides is 3. The summed E-state index contributed by atoms with van der Waals surface area (Å²) in [6.07, 6.45) is 7.23. The molecule has 17 heteroatoms. The molecule has 3 amide bonds. The first-order valence-electron chi connectivity index (χ1n) is 20.6. The minimum Gasteiger partial charge on any atom is -0.397 e. The second kappa shape index (κ2) is 17.9. The molecule has 1 fully saturated rings. The van der Waals surface area contributed by atoms with Gasteiger partial charge in [-0.2, -0.15) is 0 Å². The maximum atomic E-state index is 13.0. The van der Waals surface area contributed by atoms with Gasteiger partial charge in [-0.05, 0) is 116 Å². The fourth-order valence-corrected chi connectivity index (χ4v) is 9.70. The van der Waals surface area contributed by atoms with Crippen LogP contribution < -0.4 is 31.1 Å². The number of nitrogens with zero attached hydrogens (tertiary/aromatic N) is 2. The average Bonchev–Trinajstić information content (AvgIpc) is 3.91. The van der Waals surface area contributed by atoms with Crippen molar-refractivity contribution < 1.29 is 31.2 Å². The van der Waals surface area contributed by atoms with E-state index in [0.717, 1.165) is 23.4 Å². The Morgan fingerprint density at radius 2 is 1.19 bits per heavy atom. The van der Waals surface area contributed by atoms with Crippen molar-refractivity contribution in [2.45, 2.75) is 90.0 Å². The van der Waals surface area contributed by atoms with Gasteiger partial charge in [-0.25, -0.2) is 21.8 Å². The van der Waals surface area contributed by atoms with E-state index in [-0.39, 0.29) is 38.6 Å². The summed E-state index contributed by atoms with van der Waals surface area (Å²) in [5.74, 6) is 2.29. The van der Waals surface area contributed by atoms with Gasteiger partial charge in [-0.3, -0.25) is 23.8 Å². The van der Waals surface area contributed by atoms with E-state index in [1.807, 2.05) is 12.1 Å². The predicted octanol–water partition coefficient (Wildman–Crippen LogP) is 8.32. The number of aromatic nitrogens is 2. The van der Waals surface area contributed by atoms with Gasteiger partial charge < -0.3 is 26.3 Å². The maximum absolute atomic E-state index is 13.0. The third-order valence-corrected chi connectivity index (χ3v) is 13.5. The van der Waals surface area contributed by atoms with Gasteiger partial charge in [-0.15, -0.1) is 0 Å². The number of sulfonamides is 2. The number of fused-ring (bicyclic) bond motifs is 3. The molecule has 4 aromatic carbocycles. The monoisotopic (exact) mass is 896 g/mol. The second-order valence-corrected chi connectivity index (χ2v) is 21.5. The number of nitrogens with two attached hydrogens (primary N) is 1. The number of allylic oxidation sites excluding steroid dienone is 2. The largest absolute Gasteiger partial charge is 0.397 e. The summed E-state index contributed by atoms with van der Waals surface area (Å²) >= 11 is 0. The summed E-state index contributed by atoms with van der Waals surface area (Å²) in [7, 11) is -7.65. The van der Waals surface area contributed by atoms with E-state index in [1.54, 1.807) is 39.0 Å². The molecule has 1 heterocycles. The first-order chi connectivity index (χ1) is 29.4. The van der Waals surface area contributed by atoms with Crippen molar-refractivity contribution in [3.05, 3.63) is 103 Å². The van der Waals surface area contributed by atoms with Crippen LogP contribution in [0.3, 0.4) is 0 Å². The van der Waals surface area contributed by atoms with Gasteiger partial charge in [0.2, 0.25) is 17.7 Å². The van der Waals surface area contributed by atoms with E-state index < -0.39 is 25.5 Å². The second-order valence-electron chi connectivity index (χ2n) is 18.2. The molecule has 15 nitrogen and oxygen atoms in total. The van der Waals surface area contributed by atoms with Crippen LogP contribution in [0, 0.1) is 23.2 Å². The Balaban J connectivity index is 0.000000216. The van der Waals surface area contributed by atoms with Crippen LogP contribution in [-0.4, -0.2) is 44.1 Å². The molecule has 1 saturated carbocycles. The maximum Gasteiger partial charge on any atom is 0.261 e. The lowest BCUT2D eigenvalue weighted by molar-refractivity contribution is -0.123. The Bertz CT molecular complexity index is 2790. The van der Waals surface area contributed by atoms with Crippen LogP contribution in [0.2, 0.25) is 0 Å². The van der Waals surface area contributed by atoms with Crippen LogP contribution in [0.4, 0.5) is 34.1 Å². The van der Waals surface area contributed by atoms with Gasteiger partial charge in [0.25, 0.3) is 20.0 Å². The first kappa shape index (κ1) is 46.3. The quantitative estimate of drug-likeness (QED) is 0.0553. The number of nitrogen functional groups attached to an aromatic ring is 1. The predicted molar refractivity (Wildman–Crippen MR) is 249 cm³/mol. The molecule has 63 heavy (non-hydrogen) atoms. The topological polar surface area (TPSA) is 223 Å². The zero-order chi connectivity index (χ0) is 46.1. The summed E-state index contributed by atoms with van der Waals surface area (Å²) in [5.41, 5.74) is 9.34. The molecule has 7 rings (SSSR count). The highest BCUT2D eigenvalue weighted by Gasteiger charge is 2.37. The van der Waals surface area contributed by atoms with E-state index in [4.69, 9.17) is 10.7 Å². The van der Waals surface area contributed by atoms with E-state index >= 15 is 0 Å². The molecule has 0 spiro atoms. The molecular weight excluding hydrogens is 841 g/mol. The summed E-state index contributed by atoms with van der Waals surface area (Å²) < 4.78 is 58.6. The molecule has 3 atom stereocenters. The smallest absolute Gasteiger partial charge is 0.261 e. The van der Waals surface area contributed by atoms with Crippen LogP contribution in [0.5, 0.6) is 0 Å². The number of hydrogen-bond acceptors (Lipinski definition) is 9. The number of carbonyl (C=O) groups excluding carboxylic acids is 3. The third-order valence-electron chi connectivity index (χ3n) is 10.7. The molecule has 1 aromatic heterocycles. The Morgan fingerprint density at radius 3 is 1.65 bits per heavy atom. The van der Waals surface area contributed by atoms with Crippen molar-refractivity contribution in [3.8, 4) is 0 Å². The number of hydrogen-bond donors (Lipinski definition) is 6.